The molecular weight excluding hydrogens is 414 g/mol. The Hall–Kier alpha value is -2.90. The first-order valence-corrected chi connectivity index (χ1v) is 11.8. The summed E-state index contributed by atoms with van der Waals surface area (Å²) in [6, 6.07) is 14.6. The predicted molar refractivity (Wildman–Crippen MR) is 131 cm³/mol. The number of hydrogen-bond acceptors (Lipinski definition) is 5. The fourth-order valence-corrected chi connectivity index (χ4v) is 4.62. The van der Waals surface area contributed by atoms with E-state index in [1.807, 2.05) is 31.2 Å². The van der Waals surface area contributed by atoms with E-state index in [4.69, 9.17) is 0 Å². The van der Waals surface area contributed by atoms with Gasteiger partial charge in [0.05, 0.1) is 6.04 Å². The summed E-state index contributed by atoms with van der Waals surface area (Å²) in [5.41, 5.74) is 5.98. The highest BCUT2D eigenvalue weighted by Crippen LogP contribution is 2.31. The fourth-order valence-electron chi connectivity index (χ4n) is 4.62. The van der Waals surface area contributed by atoms with Crippen LogP contribution in [0.1, 0.15) is 28.3 Å². The number of likely N-dealkylation sites (N-methyl/N-ethyl adjacent to an activating group) is 2. The van der Waals surface area contributed by atoms with Crippen LogP contribution in [-0.4, -0.2) is 75.0 Å². The van der Waals surface area contributed by atoms with Crippen LogP contribution in [0.15, 0.2) is 42.5 Å². The number of amides is 2. The number of rotatable bonds is 6. The van der Waals surface area contributed by atoms with E-state index >= 15 is 0 Å². The van der Waals surface area contributed by atoms with Gasteiger partial charge in [0.2, 0.25) is 0 Å². The van der Waals surface area contributed by atoms with E-state index in [-0.39, 0.29) is 6.04 Å². The second-order valence-electron chi connectivity index (χ2n) is 9.29. The van der Waals surface area contributed by atoms with Crippen molar-refractivity contribution in [2.24, 2.45) is 0 Å². The van der Waals surface area contributed by atoms with Crippen LogP contribution >= 0.6 is 0 Å². The Balaban J connectivity index is 1.40. The van der Waals surface area contributed by atoms with Gasteiger partial charge in [0, 0.05) is 58.5 Å². The number of carbonyl (C=O) groups excluding carboxylic acids is 2. The molecule has 1 saturated heterocycles. The molecule has 2 amide bonds. The molecule has 2 N–H and O–H groups in total. The number of nitrogens with one attached hydrogen (secondary N) is 2. The quantitative estimate of drug-likeness (QED) is 0.658. The Labute approximate surface area is 196 Å². The summed E-state index contributed by atoms with van der Waals surface area (Å²) in [5.74, 6) is -1.18. The maximum Gasteiger partial charge on any atom is 0.309 e. The van der Waals surface area contributed by atoms with Gasteiger partial charge in [-0.25, -0.2) is 0 Å². The molecule has 2 aliphatic heterocycles. The minimum absolute atomic E-state index is 0.0451. The Morgan fingerprint density at radius 2 is 1.61 bits per heavy atom. The van der Waals surface area contributed by atoms with Crippen LogP contribution in [0.2, 0.25) is 0 Å². The topological polar surface area (TPSA) is 67.9 Å². The zero-order valence-electron chi connectivity index (χ0n) is 19.9. The molecule has 0 aliphatic carbocycles. The van der Waals surface area contributed by atoms with E-state index in [1.165, 1.54) is 16.8 Å². The van der Waals surface area contributed by atoms with Crippen molar-refractivity contribution in [2.75, 3.05) is 58.3 Å². The van der Waals surface area contributed by atoms with E-state index in [2.05, 4.69) is 57.6 Å². The molecule has 33 heavy (non-hydrogen) atoms. The van der Waals surface area contributed by atoms with Gasteiger partial charge in [0.25, 0.3) is 0 Å². The number of fused-ring (bicyclic) bond motifs is 1. The second kappa shape index (κ2) is 10.4. The van der Waals surface area contributed by atoms with Crippen molar-refractivity contribution in [3.8, 4) is 0 Å². The van der Waals surface area contributed by atoms with E-state index < -0.39 is 11.8 Å². The summed E-state index contributed by atoms with van der Waals surface area (Å²) in [5, 5.41) is 5.62. The molecule has 2 aromatic rings. The summed E-state index contributed by atoms with van der Waals surface area (Å²) in [6.07, 6.45) is 1.04. The third kappa shape index (κ3) is 5.72. The minimum atomic E-state index is -0.594. The highest BCUT2D eigenvalue weighted by atomic mass is 16.2. The van der Waals surface area contributed by atoms with Crippen LogP contribution in [-0.2, 0) is 22.6 Å². The standard InChI is InChI=1S/C26H35N5O2/c1-19-4-6-20(7-5-19)17-27-25(32)26(33)28-18-24(31-14-12-29(2)13-15-31)21-8-9-23-22(16-21)10-11-30(23)3/h4-9,16,24H,10-15,17-18H2,1-3H3,(H,27,32)(H,28,33)/t24-/m1/s1. The molecule has 2 heterocycles. The zero-order chi connectivity index (χ0) is 23.4. The minimum Gasteiger partial charge on any atom is -0.374 e. The third-order valence-electron chi connectivity index (χ3n) is 6.83. The Morgan fingerprint density at radius 1 is 0.909 bits per heavy atom. The summed E-state index contributed by atoms with van der Waals surface area (Å²) in [7, 11) is 4.26. The number of nitrogens with zero attached hydrogens (tertiary/aromatic N) is 3. The van der Waals surface area contributed by atoms with E-state index in [0.717, 1.165) is 50.3 Å². The van der Waals surface area contributed by atoms with Crippen molar-refractivity contribution in [3.63, 3.8) is 0 Å². The van der Waals surface area contributed by atoms with Crippen molar-refractivity contribution in [1.82, 2.24) is 20.4 Å². The molecule has 7 nitrogen and oxygen atoms in total. The van der Waals surface area contributed by atoms with Crippen molar-refractivity contribution >= 4 is 17.5 Å². The van der Waals surface area contributed by atoms with Crippen molar-refractivity contribution in [1.29, 1.82) is 0 Å². The van der Waals surface area contributed by atoms with Gasteiger partial charge in [-0.3, -0.25) is 14.5 Å². The maximum absolute atomic E-state index is 12.6. The zero-order valence-corrected chi connectivity index (χ0v) is 19.9. The molecule has 0 radical (unpaired) electrons. The molecule has 4 rings (SSSR count). The highest BCUT2D eigenvalue weighted by Gasteiger charge is 2.27. The smallest absolute Gasteiger partial charge is 0.309 e. The maximum atomic E-state index is 12.6. The Morgan fingerprint density at radius 3 is 2.33 bits per heavy atom. The van der Waals surface area contributed by atoms with Gasteiger partial charge in [0.15, 0.2) is 0 Å². The van der Waals surface area contributed by atoms with Crippen LogP contribution in [0.25, 0.3) is 0 Å². The van der Waals surface area contributed by atoms with Crippen molar-refractivity contribution in [3.05, 3.63) is 64.7 Å². The molecule has 2 aromatic carbocycles. The number of aryl methyl sites for hydroxylation is 1. The van der Waals surface area contributed by atoms with E-state index in [1.54, 1.807) is 0 Å². The third-order valence-corrected chi connectivity index (χ3v) is 6.83. The van der Waals surface area contributed by atoms with Gasteiger partial charge < -0.3 is 20.4 Å². The molecule has 7 heteroatoms. The summed E-state index contributed by atoms with van der Waals surface area (Å²) in [4.78, 5) is 32.0. The van der Waals surface area contributed by atoms with Gasteiger partial charge in [-0.1, -0.05) is 42.0 Å². The molecule has 0 aromatic heterocycles. The fraction of sp³-hybridized carbons (Fsp3) is 0.462. The second-order valence-corrected chi connectivity index (χ2v) is 9.29. The first-order chi connectivity index (χ1) is 15.9. The molecule has 0 bridgehead atoms. The van der Waals surface area contributed by atoms with E-state index in [9.17, 15) is 9.59 Å². The SMILES string of the molecule is Cc1ccc(CNC(=O)C(=O)NC[C@H](c2ccc3c(c2)CCN3C)N2CCN(C)CC2)cc1. The van der Waals surface area contributed by atoms with E-state index in [0.29, 0.717) is 13.1 Å². The number of piperazine rings is 1. The van der Waals surface area contributed by atoms with Gasteiger partial charge in [-0.15, -0.1) is 0 Å². The summed E-state index contributed by atoms with van der Waals surface area (Å²) < 4.78 is 0. The molecule has 176 valence electrons. The Bertz CT molecular complexity index is 983. The van der Waals surface area contributed by atoms with Crippen LogP contribution < -0.4 is 15.5 Å². The molecular formula is C26H35N5O2. The lowest BCUT2D eigenvalue weighted by Crippen LogP contribution is -2.49. The molecule has 0 unspecified atom stereocenters. The summed E-state index contributed by atoms with van der Waals surface area (Å²) >= 11 is 0. The first kappa shape index (κ1) is 23.3. The summed E-state index contributed by atoms with van der Waals surface area (Å²) in [6.45, 7) is 7.68. The molecule has 0 saturated carbocycles. The predicted octanol–water partition coefficient (Wildman–Crippen LogP) is 1.71. The monoisotopic (exact) mass is 449 g/mol. The largest absolute Gasteiger partial charge is 0.374 e. The molecule has 1 atom stereocenters. The Kier molecular flexibility index (Phi) is 7.30. The molecule has 1 fully saturated rings. The molecule has 0 spiro atoms. The van der Waals surface area contributed by atoms with Crippen LogP contribution in [0, 0.1) is 6.92 Å². The van der Waals surface area contributed by atoms with Crippen molar-refractivity contribution < 1.29 is 9.59 Å². The van der Waals surface area contributed by atoms with Gasteiger partial charge in [-0.2, -0.15) is 0 Å². The van der Waals surface area contributed by atoms with Crippen molar-refractivity contribution in [2.45, 2.75) is 25.9 Å². The van der Waals surface area contributed by atoms with Crippen LogP contribution in [0.4, 0.5) is 5.69 Å². The lowest BCUT2D eigenvalue weighted by atomic mass is 10.00. The normalized spacial score (nSPS) is 17.5. The molecule has 2 aliphatic rings. The van der Waals surface area contributed by atoms with Gasteiger partial charge in [-0.05, 0) is 43.1 Å². The highest BCUT2D eigenvalue weighted by molar-refractivity contribution is 6.35. The number of carbonyl (C=O) groups is 2. The number of benzene rings is 2. The first-order valence-electron chi connectivity index (χ1n) is 11.8. The van der Waals surface area contributed by atoms with Gasteiger partial charge >= 0.3 is 11.8 Å². The average molecular weight is 450 g/mol. The van der Waals surface area contributed by atoms with Crippen LogP contribution in [0.3, 0.4) is 0 Å². The average Bonchev–Trinajstić information content (AvgIpc) is 3.19. The van der Waals surface area contributed by atoms with Gasteiger partial charge in [0.1, 0.15) is 0 Å². The lowest BCUT2D eigenvalue weighted by Gasteiger charge is -2.38. The number of anilines is 1. The number of hydrogen-bond donors (Lipinski definition) is 2. The van der Waals surface area contributed by atoms with Crippen LogP contribution in [0.5, 0.6) is 0 Å². The lowest BCUT2D eigenvalue weighted by molar-refractivity contribution is -0.139.